The van der Waals surface area contributed by atoms with Crippen LogP contribution in [0, 0.1) is 0 Å². The van der Waals surface area contributed by atoms with E-state index in [9.17, 15) is 4.79 Å². The van der Waals surface area contributed by atoms with Crippen LogP contribution in [0.3, 0.4) is 0 Å². The van der Waals surface area contributed by atoms with Crippen molar-refractivity contribution >= 4 is 5.91 Å². The smallest absolute Gasteiger partial charge is 0.227 e. The molecule has 0 aliphatic carbocycles. The average Bonchev–Trinajstić information content (AvgIpc) is 2.33. The van der Waals surface area contributed by atoms with Gasteiger partial charge in [-0.15, -0.1) is 0 Å². The SMILES string of the molecule is CC1CN(C(=O)Cc2cccnc2)C(C)CN1. The van der Waals surface area contributed by atoms with Crippen molar-refractivity contribution < 1.29 is 4.79 Å². The van der Waals surface area contributed by atoms with Crippen molar-refractivity contribution in [2.24, 2.45) is 0 Å². The van der Waals surface area contributed by atoms with Gasteiger partial charge in [0.1, 0.15) is 0 Å². The zero-order valence-electron chi connectivity index (χ0n) is 10.4. The van der Waals surface area contributed by atoms with Gasteiger partial charge in [0.15, 0.2) is 0 Å². The Labute approximate surface area is 102 Å². The molecule has 2 atom stereocenters. The second-order valence-corrected chi connectivity index (χ2v) is 4.74. The number of nitrogens with one attached hydrogen (secondary N) is 1. The van der Waals surface area contributed by atoms with Crippen LogP contribution in [0.4, 0.5) is 0 Å². The van der Waals surface area contributed by atoms with Gasteiger partial charge < -0.3 is 10.2 Å². The predicted molar refractivity (Wildman–Crippen MR) is 66.6 cm³/mol. The third kappa shape index (κ3) is 3.03. The first-order valence-electron chi connectivity index (χ1n) is 6.08. The van der Waals surface area contributed by atoms with Crippen LogP contribution in [-0.2, 0) is 11.2 Å². The molecule has 0 radical (unpaired) electrons. The molecule has 1 aromatic rings. The van der Waals surface area contributed by atoms with Gasteiger partial charge in [0.2, 0.25) is 5.91 Å². The maximum atomic E-state index is 12.2. The van der Waals surface area contributed by atoms with E-state index >= 15 is 0 Å². The van der Waals surface area contributed by atoms with Gasteiger partial charge in [-0.2, -0.15) is 0 Å². The third-order valence-corrected chi connectivity index (χ3v) is 3.16. The van der Waals surface area contributed by atoms with Gasteiger partial charge in [-0.1, -0.05) is 6.07 Å². The van der Waals surface area contributed by atoms with E-state index in [-0.39, 0.29) is 11.9 Å². The summed E-state index contributed by atoms with van der Waals surface area (Å²) >= 11 is 0. The van der Waals surface area contributed by atoms with Gasteiger partial charge in [-0.3, -0.25) is 9.78 Å². The summed E-state index contributed by atoms with van der Waals surface area (Å²) in [5, 5.41) is 3.37. The van der Waals surface area contributed by atoms with Crippen molar-refractivity contribution in [1.82, 2.24) is 15.2 Å². The monoisotopic (exact) mass is 233 g/mol. The fourth-order valence-corrected chi connectivity index (χ4v) is 2.15. The second kappa shape index (κ2) is 5.27. The lowest BCUT2D eigenvalue weighted by Crippen LogP contribution is -2.56. The van der Waals surface area contributed by atoms with E-state index in [0.29, 0.717) is 12.5 Å². The lowest BCUT2D eigenvalue weighted by Gasteiger charge is -2.37. The van der Waals surface area contributed by atoms with Gasteiger partial charge in [0.25, 0.3) is 0 Å². The highest BCUT2D eigenvalue weighted by Gasteiger charge is 2.26. The van der Waals surface area contributed by atoms with E-state index < -0.39 is 0 Å². The first-order chi connectivity index (χ1) is 8.16. The summed E-state index contributed by atoms with van der Waals surface area (Å²) in [5.74, 6) is 0.193. The van der Waals surface area contributed by atoms with Gasteiger partial charge in [-0.05, 0) is 25.5 Å². The van der Waals surface area contributed by atoms with Crippen LogP contribution in [0.5, 0.6) is 0 Å². The Balaban J connectivity index is 1.99. The lowest BCUT2D eigenvalue weighted by atomic mass is 10.1. The summed E-state index contributed by atoms with van der Waals surface area (Å²) in [5.41, 5.74) is 0.982. The largest absolute Gasteiger partial charge is 0.337 e. The number of aromatic nitrogens is 1. The Morgan fingerprint density at radius 2 is 2.41 bits per heavy atom. The van der Waals surface area contributed by atoms with Crippen molar-refractivity contribution in [3.8, 4) is 0 Å². The fraction of sp³-hybridized carbons (Fsp3) is 0.538. The molecule has 2 heterocycles. The van der Waals surface area contributed by atoms with Crippen molar-refractivity contribution in [2.75, 3.05) is 13.1 Å². The molecule has 1 fully saturated rings. The van der Waals surface area contributed by atoms with Crippen molar-refractivity contribution in [1.29, 1.82) is 0 Å². The quantitative estimate of drug-likeness (QED) is 0.823. The first kappa shape index (κ1) is 12.0. The maximum absolute atomic E-state index is 12.2. The van der Waals surface area contributed by atoms with Crippen molar-refractivity contribution in [3.05, 3.63) is 30.1 Å². The number of pyridine rings is 1. The number of carbonyl (C=O) groups is 1. The molecule has 1 aromatic heterocycles. The van der Waals surface area contributed by atoms with E-state index in [1.807, 2.05) is 17.0 Å². The standard InChI is InChI=1S/C13H19N3O/c1-10-9-16(11(2)7-15-10)13(17)6-12-4-3-5-14-8-12/h3-5,8,10-11,15H,6-7,9H2,1-2H3. The minimum Gasteiger partial charge on any atom is -0.337 e. The Morgan fingerprint density at radius 1 is 1.59 bits per heavy atom. The van der Waals surface area contributed by atoms with Crippen LogP contribution < -0.4 is 5.32 Å². The Kier molecular flexibility index (Phi) is 3.74. The highest BCUT2D eigenvalue weighted by molar-refractivity contribution is 5.79. The second-order valence-electron chi connectivity index (χ2n) is 4.74. The number of hydrogen-bond acceptors (Lipinski definition) is 3. The summed E-state index contributed by atoms with van der Waals surface area (Å²) in [6, 6.07) is 4.47. The molecule has 1 amide bonds. The molecule has 0 aromatic carbocycles. The highest BCUT2D eigenvalue weighted by Crippen LogP contribution is 2.09. The van der Waals surface area contributed by atoms with Gasteiger partial charge in [0.05, 0.1) is 6.42 Å². The summed E-state index contributed by atoms with van der Waals surface area (Å²) < 4.78 is 0. The van der Waals surface area contributed by atoms with Crippen molar-refractivity contribution in [3.63, 3.8) is 0 Å². The summed E-state index contributed by atoms with van der Waals surface area (Å²) in [6.45, 7) is 5.86. The minimum absolute atomic E-state index is 0.193. The predicted octanol–water partition coefficient (Wildman–Crippen LogP) is 0.833. The van der Waals surface area contributed by atoms with Gasteiger partial charge in [-0.25, -0.2) is 0 Å². The number of carbonyl (C=O) groups excluding carboxylic acids is 1. The number of piperazine rings is 1. The molecule has 0 bridgehead atoms. The summed E-state index contributed by atoms with van der Waals surface area (Å²) in [4.78, 5) is 18.2. The molecule has 2 unspecified atom stereocenters. The van der Waals surface area contributed by atoms with Crippen LogP contribution in [0.25, 0.3) is 0 Å². The molecule has 0 saturated carbocycles. The maximum Gasteiger partial charge on any atom is 0.227 e. The number of rotatable bonds is 2. The average molecular weight is 233 g/mol. The Bertz CT molecular complexity index is 380. The molecule has 1 saturated heterocycles. The first-order valence-corrected chi connectivity index (χ1v) is 6.08. The lowest BCUT2D eigenvalue weighted by molar-refractivity contribution is -0.133. The van der Waals surface area contributed by atoms with Crippen LogP contribution >= 0.6 is 0 Å². The Hall–Kier alpha value is -1.42. The van der Waals surface area contributed by atoms with Crippen molar-refractivity contribution in [2.45, 2.75) is 32.4 Å². The molecule has 2 rings (SSSR count). The molecule has 0 spiro atoms. The molecular formula is C13H19N3O. The topological polar surface area (TPSA) is 45.2 Å². The molecule has 17 heavy (non-hydrogen) atoms. The van der Waals surface area contributed by atoms with E-state index in [4.69, 9.17) is 0 Å². The normalized spacial score (nSPS) is 24.7. The third-order valence-electron chi connectivity index (χ3n) is 3.16. The zero-order valence-corrected chi connectivity index (χ0v) is 10.4. The van der Waals surface area contributed by atoms with Gasteiger partial charge in [0, 0.05) is 37.6 Å². The number of hydrogen-bond donors (Lipinski definition) is 1. The van der Waals surface area contributed by atoms with Crippen LogP contribution in [-0.4, -0.2) is 41.0 Å². The summed E-state index contributed by atoms with van der Waals surface area (Å²) in [6.07, 6.45) is 3.93. The summed E-state index contributed by atoms with van der Waals surface area (Å²) in [7, 11) is 0. The molecule has 1 N–H and O–H groups in total. The zero-order chi connectivity index (χ0) is 12.3. The molecule has 1 aliphatic rings. The van der Waals surface area contributed by atoms with E-state index in [2.05, 4.69) is 24.1 Å². The van der Waals surface area contributed by atoms with E-state index in [1.54, 1.807) is 12.4 Å². The van der Waals surface area contributed by atoms with Gasteiger partial charge >= 0.3 is 0 Å². The molecule has 1 aliphatic heterocycles. The van der Waals surface area contributed by atoms with Crippen LogP contribution in [0.15, 0.2) is 24.5 Å². The molecule has 4 nitrogen and oxygen atoms in total. The molecule has 92 valence electrons. The van der Waals surface area contributed by atoms with Crippen LogP contribution in [0.2, 0.25) is 0 Å². The van der Waals surface area contributed by atoms with Crippen LogP contribution in [0.1, 0.15) is 19.4 Å². The van der Waals surface area contributed by atoms with E-state index in [0.717, 1.165) is 18.7 Å². The minimum atomic E-state index is 0.193. The molecular weight excluding hydrogens is 214 g/mol. The van der Waals surface area contributed by atoms with E-state index in [1.165, 1.54) is 0 Å². The molecule has 4 heteroatoms. The Morgan fingerprint density at radius 3 is 3.12 bits per heavy atom. The highest BCUT2D eigenvalue weighted by atomic mass is 16.2. The number of amides is 1. The fourth-order valence-electron chi connectivity index (χ4n) is 2.15. The number of nitrogens with zero attached hydrogens (tertiary/aromatic N) is 2.